The number of hydrogen-bond acceptors (Lipinski definition) is 11. The predicted octanol–water partition coefficient (Wildman–Crippen LogP) is 0.217. The Morgan fingerprint density at radius 1 is 1.13 bits per heavy atom. The predicted molar refractivity (Wildman–Crippen MR) is 170 cm³/mol. The summed E-state index contributed by atoms with van der Waals surface area (Å²) in [4.78, 5) is 85.1. The molecule has 6 rings (SSSR count). The number of nitrogen functional groups attached to an aromatic ring is 1. The number of thioether (sulfide) groups is 1. The number of benzene rings is 1. The van der Waals surface area contributed by atoms with Crippen LogP contribution in [0, 0.1) is 0 Å². The minimum absolute atomic E-state index is 0.0343. The molecule has 1 saturated heterocycles. The minimum Gasteiger partial charge on any atom is -0.477 e. The zero-order valence-corrected chi connectivity index (χ0v) is 25.0. The molecule has 232 valence electrons. The standard InChI is InChI=1S/C29H22N8O7S2/c30-13-4-1-3-12(9-13)19(33-25(40)14-10-32-16-5-2-8-31-20(16)23(14)39)26(41)34-21-27(42)37-22(29(43)44)15(11-46-28(21)37)24(45)17-6-7-18(38)36-35-17/h1-10,19,21,28H,11,30H2,(H,32,39)(H,33,40)(H,34,41)(H,36,38)(H,43,44)/t19?,21?,28-/m0/s1. The Bertz CT molecular complexity index is 2110. The first-order valence-corrected chi connectivity index (χ1v) is 15.0. The number of aliphatic carboxylic acids is 1. The highest BCUT2D eigenvalue weighted by atomic mass is 32.2. The van der Waals surface area contributed by atoms with Gasteiger partial charge in [0.1, 0.15) is 39.9 Å². The Balaban J connectivity index is 1.26. The Hall–Kier alpha value is -5.68. The molecule has 3 amide bonds. The largest absolute Gasteiger partial charge is 0.477 e. The number of carbonyl (C=O) groups is 4. The van der Waals surface area contributed by atoms with Crippen LogP contribution in [-0.2, 0) is 14.4 Å². The summed E-state index contributed by atoms with van der Waals surface area (Å²) in [6, 6.07) is 9.40. The molecule has 4 aromatic rings. The van der Waals surface area contributed by atoms with E-state index in [1.807, 2.05) is 0 Å². The van der Waals surface area contributed by atoms with E-state index in [9.17, 15) is 33.9 Å². The lowest BCUT2D eigenvalue weighted by atomic mass is 9.99. The maximum atomic E-state index is 13.7. The lowest BCUT2D eigenvalue weighted by Crippen LogP contribution is -2.71. The fourth-order valence-electron chi connectivity index (χ4n) is 5.12. The van der Waals surface area contributed by atoms with Gasteiger partial charge in [-0.05, 0) is 35.9 Å². The number of aromatic nitrogens is 4. The van der Waals surface area contributed by atoms with Gasteiger partial charge in [-0.1, -0.05) is 24.4 Å². The van der Waals surface area contributed by atoms with Crippen LogP contribution in [0.3, 0.4) is 0 Å². The van der Waals surface area contributed by atoms with E-state index in [4.69, 9.17) is 18.0 Å². The van der Waals surface area contributed by atoms with Crippen molar-refractivity contribution in [3.63, 3.8) is 0 Å². The van der Waals surface area contributed by atoms with Crippen molar-refractivity contribution < 1.29 is 24.3 Å². The van der Waals surface area contributed by atoms with E-state index in [-0.39, 0.29) is 44.2 Å². The number of carbonyl (C=O) groups excluding carboxylic acids is 3. The zero-order chi connectivity index (χ0) is 32.7. The summed E-state index contributed by atoms with van der Waals surface area (Å²) >= 11 is 6.61. The summed E-state index contributed by atoms with van der Waals surface area (Å²) in [7, 11) is 0. The number of thiocarbonyl (C=S) groups is 1. The highest BCUT2D eigenvalue weighted by molar-refractivity contribution is 8.00. The summed E-state index contributed by atoms with van der Waals surface area (Å²) in [6.07, 6.45) is 2.62. The van der Waals surface area contributed by atoms with Gasteiger partial charge in [-0.2, -0.15) is 5.10 Å². The van der Waals surface area contributed by atoms with Gasteiger partial charge in [-0.15, -0.1) is 11.8 Å². The average molecular weight is 659 g/mol. The molecule has 1 aromatic carbocycles. The van der Waals surface area contributed by atoms with Crippen molar-refractivity contribution in [1.82, 2.24) is 35.7 Å². The fourth-order valence-corrected chi connectivity index (χ4v) is 6.84. The number of carboxylic acids is 1. The van der Waals surface area contributed by atoms with Gasteiger partial charge in [0, 0.05) is 35.5 Å². The third kappa shape index (κ3) is 5.41. The molecule has 5 heterocycles. The quantitative estimate of drug-likeness (QED) is 0.0646. The Labute approximate surface area is 267 Å². The number of fused-ring (bicyclic) bond motifs is 2. The summed E-state index contributed by atoms with van der Waals surface area (Å²) in [5.41, 5.74) is 5.49. The van der Waals surface area contributed by atoms with Crippen LogP contribution in [-0.4, -0.2) is 75.9 Å². The second kappa shape index (κ2) is 12.0. The van der Waals surface area contributed by atoms with Gasteiger partial charge in [0.15, 0.2) is 0 Å². The van der Waals surface area contributed by atoms with Crippen LogP contribution in [0.4, 0.5) is 5.69 Å². The molecule has 2 unspecified atom stereocenters. The van der Waals surface area contributed by atoms with Crippen molar-refractivity contribution in [2.75, 3.05) is 11.5 Å². The van der Waals surface area contributed by atoms with Crippen LogP contribution in [0.1, 0.15) is 27.7 Å². The fraction of sp³-hybridized carbons (Fsp3) is 0.138. The molecule has 46 heavy (non-hydrogen) atoms. The first kappa shape index (κ1) is 30.4. The smallest absolute Gasteiger partial charge is 0.353 e. The van der Waals surface area contributed by atoms with E-state index in [1.54, 1.807) is 30.3 Å². The second-order valence-corrected chi connectivity index (χ2v) is 11.7. The molecule has 0 bridgehead atoms. The van der Waals surface area contributed by atoms with Crippen LogP contribution < -0.4 is 27.4 Å². The van der Waals surface area contributed by atoms with Crippen molar-refractivity contribution >= 4 is 69.3 Å². The molecule has 3 aromatic heterocycles. The first-order chi connectivity index (χ1) is 22.0. The molecule has 0 aliphatic carbocycles. The number of β-lactam (4-membered cyclic amide) rings is 1. The third-order valence-electron chi connectivity index (χ3n) is 7.32. The van der Waals surface area contributed by atoms with E-state index in [1.165, 1.54) is 42.4 Å². The van der Waals surface area contributed by atoms with Crippen LogP contribution in [0.25, 0.3) is 11.0 Å². The maximum Gasteiger partial charge on any atom is 0.353 e. The molecule has 7 N–H and O–H groups in total. The SMILES string of the molecule is Nc1cccc(C(NC(=O)c2c[nH]c3cccnc3c2=O)C(=O)NC2C(=O)N3C(C(=O)O)=C(C(=S)c4ccc(=O)[nH]n4)CS[C@@H]23)c1. The number of pyridine rings is 2. The zero-order valence-electron chi connectivity index (χ0n) is 23.3. The number of aromatic amines is 2. The molecule has 17 heteroatoms. The van der Waals surface area contributed by atoms with E-state index >= 15 is 0 Å². The Kier molecular flexibility index (Phi) is 7.93. The van der Waals surface area contributed by atoms with Crippen molar-refractivity contribution in [1.29, 1.82) is 0 Å². The number of nitrogens with zero attached hydrogens (tertiary/aromatic N) is 3. The van der Waals surface area contributed by atoms with Gasteiger partial charge in [0.25, 0.3) is 17.4 Å². The number of carboxylic acid groups (broad SMARTS) is 1. The van der Waals surface area contributed by atoms with Gasteiger partial charge >= 0.3 is 5.97 Å². The summed E-state index contributed by atoms with van der Waals surface area (Å²) < 4.78 is 0. The van der Waals surface area contributed by atoms with Crippen molar-refractivity contribution in [2.24, 2.45) is 0 Å². The lowest BCUT2D eigenvalue weighted by molar-refractivity contribution is -0.150. The monoisotopic (exact) mass is 658 g/mol. The van der Waals surface area contributed by atoms with Crippen LogP contribution in [0.5, 0.6) is 0 Å². The first-order valence-electron chi connectivity index (χ1n) is 13.5. The molecule has 0 saturated carbocycles. The number of anilines is 1. The molecule has 2 aliphatic heterocycles. The highest BCUT2D eigenvalue weighted by Gasteiger charge is 2.55. The van der Waals surface area contributed by atoms with Crippen molar-refractivity contribution in [3.05, 3.63) is 110 Å². The van der Waals surface area contributed by atoms with E-state index in [0.29, 0.717) is 11.2 Å². The minimum atomic E-state index is -1.41. The topological polar surface area (TPSA) is 233 Å². The Morgan fingerprint density at radius 3 is 2.65 bits per heavy atom. The molecule has 2 aliphatic rings. The van der Waals surface area contributed by atoms with Gasteiger partial charge in [-0.25, -0.2) is 9.89 Å². The van der Waals surface area contributed by atoms with Gasteiger partial charge in [-0.3, -0.25) is 33.9 Å². The van der Waals surface area contributed by atoms with Crippen molar-refractivity contribution in [2.45, 2.75) is 17.5 Å². The molecule has 0 spiro atoms. The molecule has 15 nitrogen and oxygen atoms in total. The number of H-pyrrole nitrogens is 2. The van der Waals surface area contributed by atoms with E-state index in [2.05, 4.69) is 30.8 Å². The lowest BCUT2D eigenvalue weighted by Gasteiger charge is -2.49. The number of nitrogens with one attached hydrogen (secondary N) is 4. The molecule has 3 atom stereocenters. The molecular weight excluding hydrogens is 637 g/mol. The molecule has 1 fully saturated rings. The summed E-state index contributed by atoms with van der Waals surface area (Å²) in [5.74, 6) is -3.74. The highest BCUT2D eigenvalue weighted by Crippen LogP contribution is 2.41. The summed E-state index contributed by atoms with van der Waals surface area (Å²) in [5, 5.41) is 20.5. The maximum absolute atomic E-state index is 13.7. The van der Waals surface area contributed by atoms with Crippen molar-refractivity contribution in [3.8, 4) is 0 Å². The van der Waals surface area contributed by atoms with Gasteiger partial charge in [0.2, 0.25) is 11.3 Å². The van der Waals surface area contributed by atoms with Gasteiger partial charge in [0.05, 0.1) is 10.4 Å². The van der Waals surface area contributed by atoms with Crippen LogP contribution in [0.2, 0.25) is 0 Å². The molecule has 0 radical (unpaired) electrons. The van der Waals surface area contributed by atoms with Gasteiger partial charge < -0.3 is 26.5 Å². The number of rotatable bonds is 8. The second-order valence-electron chi connectivity index (χ2n) is 10.2. The summed E-state index contributed by atoms with van der Waals surface area (Å²) in [6.45, 7) is 0. The molecular formula is C29H22N8O7S2. The number of nitrogens with two attached hydrogens (primary N) is 1. The van der Waals surface area contributed by atoms with E-state index < -0.39 is 52.1 Å². The normalized spacial score (nSPS) is 17.9. The van der Waals surface area contributed by atoms with Crippen LogP contribution >= 0.6 is 24.0 Å². The van der Waals surface area contributed by atoms with Crippen LogP contribution in [0.15, 0.2) is 81.8 Å². The number of hydrogen-bond donors (Lipinski definition) is 6. The van der Waals surface area contributed by atoms with E-state index in [0.717, 1.165) is 4.90 Å². The third-order valence-corrected chi connectivity index (χ3v) is 9.06. The Morgan fingerprint density at radius 2 is 1.93 bits per heavy atom. The average Bonchev–Trinajstić information content (AvgIpc) is 3.05. The number of amides is 3.